The molecule has 1 N–H and O–H groups in total. The first kappa shape index (κ1) is 13.3. The molecule has 2 heterocycles. The number of aliphatic hydroxyl groups excluding tert-OH is 1. The van der Waals surface area contributed by atoms with Crippen molar-refractivity contribution in [1.29, 1.82) is 0 Å². The van der Waals surface area contributed by atoms with E-state index in [0.29, 0.717) is 6.61 Å². The van der Waals surface area contributed by atoms with Gasteiger partial charge in [0.15, 0.2) is 0 Å². The van der Waals surface area contributed by atoms with Gasteiger partial charge in [-0.05, 0) is 23.8 Å². The fraction of sp³-hybridized carbons (Fsp3) is 0.400. The Hall–Kier alpha value is -1.69. The molecule has 2 aromatic rings. The van der Waals surface area contributed by atoms with Crippen molar-refractivity contribution in [2.45, 2.75) is 12.6 Å². The fourth-order valence-corrected chi connectivity index (χ4v) is 2.48. The van der Waals surface area contributed by atoms with E-state index in [9.17, 15) is 5.11 Å². The van der Waals surface area contributed by atoms with Crippen LogP contribution in [0.4, 0.5) is 0 Å². The van der Waals surface area contributed by atoms with Crippen LogP contribution in [-0.4, -0.2) is 52.2 Å². The van der Waals surface area contributed by atoms with Crippen molar-refractivity contribution in [1.82, 2.24) is 14.7 Å². The molecule has 0 amide bonds. The summed E-state index contributed by atoms with van der Waals surface area (Å²) in [6.45, 7) is 3.20. The Morgan fingerprint density at radius 1 is 1.30 bits per heavy atom. The van der Waals surface area contributed by atoms with Crippen molar-refractivity contribution in [3.63, 3.8) is 0 Å². The molecule has 0 saturated carbocycles. The summed E-state index contributed by atoms with van der Waals surface area (Å²) >= 11 is 0. The first-order valence-corrected chi connectivity index (χ1v) is 6.88. The summed E-state index contributed by atoms with van der Waals surface area (Å²) in [7, 11) is 0. The van der Waals surface area contributed by atoms with Crippen LogP contribution in [0.25, 0.3) is 5.69 Å². The molecule has 5 nitrogen and oxygen atoms in total. The molecule has 0 bridgehead atoms. The van der Waals surface area contributed by atoms with Gasteiger partial charge in [-0.25, -0.2) is 4.68 Å². The lowest BCUT2D eigenvalue weighted by molar-refractivity contribution is -0.0312. The zero-order chi connectivity index (χ0) is 13.8. The molecule has 1 aliphatic heterocycles. The molecular formula is C15H19N3O2. The monoisotopic (exact) mass is 273 g/mol. The highest BCUT2D eigenvalue weighted by atomic mass is 16.5. The Morgan fingerprint density at radius 2 is 2.15 bits per heavy atom. The Kier molecular flexibility index (Phi) is 4.11. The molecule has 20 heavy (non-hydrogen) atoms. The van der Waals surface area contributed by atoms with Crippen molar-refractivity contribution in [2.75, 3.05) is 26.4 Å². The minimum absolute atomic E-state index is 0.106. The highest BCUT2D eigenvalue weighted by Gasteiger charge is 2.22. The Bertz CT molecular complexity index is 525. The number of aliphatic hydroxyl groups is 1. The van der Waals surface area contributed by atoms with Gasteiger partial charge in [-0.2, -0.15) is 5.10 Å². The number of aromatic nitrogens is 2. The quantitative estimate of drug-likeness (QED) is 0.905. The maximum Gasteiger partial charge on any atom is 0.0645 e. The standard InChI is InChI=1S/C15H19N3O2/c19-11-15-12-20-9-8-17(15)10-13-2-4-14(5-3-13)18-7-1-6-16-18/h1-7,15,19H,8-12H2. The predicted molar refractivity (Wildman–Crippen MR) is 75.7 cm³/mol. The first-order valence-electron chi connectivity index (χ1n) is 6.88. The molecule has 5 heteroatoms. The highest BCUT2D eigenvalue weighted by Crippen LogP contribution is 2.14. The minimum atomic E-state index is 0.106. The fourth-order valence-electron chi connectivity index (χ4n) is 2.48. The van der Waals surface area contributed by atoms with Gasteiger partial charge in [0.25, 0.3) is 0 Å². The third-order valence-corrected chi connectivity index (χ3v) is 3.65. The molecule has 1 unspecified atom stereocenters. The number of rotatable bonds is 4. The molecule has 0 radical (unpaired) electrons. The van der Waals surface area contributed by atoms with Crippen LogP contribution in [0, 0.1) is 0 Å². The largest absolute Gasteiger partial charge is 0.395 e. The average Bonchev–Trinajstić information content (AvgIpc) is 3.03. The molecular weight excluding hydrogens is 254 g/mol. The van der Waals surface area contributed by atoms with Crippen LogP contribution < -0.4 is 0 Å². The normalized spacial score (nSPS) is 20.1. The molecule has 1 aromatic carbocycles. The van der Waals surface area contributed by atoms with E-state index < -0.39 is 0 Å². The molecule has 0 spiro atoms. The second-order valence-electron chi connectivity index (χ2n) is 5.00. The maximum absolute atomic E-state index is 9.38. The lowest BCUT2D eigenvalue weighted by atomic mass is 10.1. The Morgan fingerprint density at radius 3 is 2.85 bits per heavy atom. The number of hydrogen-bond acceptors (Lipinski definition) is 4. The lowest BCUT2D eigenvalue weighted by Crippen LogP contribution is -2.46. The van der Waals surface area contributed by atoms with Gasteiger partial charge in [-0.3, -0.25) is 4.90 Å². The average molecular weight is 273 g/mol. The van der Waals surface area contributed by atoms with E-state index in [1.54, 1.807) is 6.20 Å². The summed E-state index contributed by atoms with van der Waals surface area (Å²) in [5.41, 5.74) is 2.29. The van der Waals surface area contributed by atoms with Crippen molar-refractivity contribution >= 4 is 0 Å². The zero-order valence-electron chi connectivity index (χ0n) is 11.4. The zero-order valence-corrected chi connectivity index (χ0v) is 11.4. The summed E-state index contributed by atoms with van der Waals surface area (Å²) in [4.78, 5) is 2.27. The third-order valence-electron chi connectivity index (χ3n) is 3.65. The van der Waals surface area contributed by atoms with Gasteiger partial charge in [0.2, 0.25) is 0 Å². The molecule has 3 rings (SSSR count). The molecule has 1 aromatic heterocycles. The van der Waals surface area contributed by atoms with E-state index >= 15 is 0 Å². The molecule has 1 atom stereocenters. The van der Waals surface area contributed by atoms with Crippen LogP contribution in [0.2, 0.25) is 0 Å². The maximum atomic E-state index is 9.38. The smallest absolute Gasteiger partial charge is 0.0645 e. The molecule has 1 fully saturated rings. The summed E-state index contributed by atoms with van der Waals surface area (Å²) in [6, 6.07) is 10.4. The van der Waals surface area contributed by atoms with E-state index in [1.807, 2.05) is 16.9 Å². The van der Waals surface area contributed by atoms with Gasteiger partial charge in [0.05, 0.1) is 31.5 Å². The van der Waals surface area contributed by atoms with Gasteiger partial charge in [0, 0.05) is 25.5 Å². The van der Waals surface area contributed by atoms with Crippen LogP contribution >= 0.6 is 0 Å². The second-order valence-corrected chi connectivity index (χ2v) is 5.00. The molecule has 1 aliphatic rings. The summed E-state index contributed by atoms with van der Waals surface area (Å²) in [5.74, 6) is 0. The molecule has 106 valence electrons. The minimum Gasteiger partial charge on any atom is -0.395 e. The van der Waals surface area contributed by atoms with E-state index in [-0.39, 0.29) is 12.6 Å². The van der Waals surface area contributed by atoms with Gasteiger partial charge in [-0.15, -0.1) is 0 Å². The number of ether oxygens (including phenoxy) is 1. The van der Waals surface area contributed by atoms with Gasteiger partial charge < -0.3 is 9.84 Å². The SMILES string of the molecule is OCC1COCCN1Cc1ccc(-n2cccn2)cc1. The van der Waals surface area contributed by atoms with Crippen molar-refractivity contribution < 1.29 is 9.84 Å². The van der Waals surface area contributed by atoms with Crippen molar-refractivity contribution in [3.8, 4) is 5.69 Å². The van der Waals surface area contributed by atoms with Crippen LogP contribution in [0.3, 0.4) is 0 Å². The number of benzene rings is 1. The summed E-state index contributed by atoms with van der Waals surface area (Å²) in [5, 5.41) is 13.6. The van der Waals surface area contributed by atoms with Gasteiger partial charge >= 0.3 is 0 Å². The first-order chi connectivity index (χ1) is 9.86. The van der Waals surface area contributed by atoms with E-state index in [4.69, 9.17) is 4.74 Å². The number of hydrogen-bond donors (Lipinski definition) is 1. The number of nitrogens with zero attached hydrogens (tertiary/aromatic N) is 3. The van der Waals surface area contributed by atoms with Crippen LogP contribution in [0.5, 0.6) is 0 Å². The topological polar surface area (TPSA) is 50.5 Å². The molecule has 1 saturated heterocycles. The molecule has 0 aliphatic carbocycles. The Labute approximate surface area is 118 Å². The third kappa shape index (κ3) is 2.90. The summed E-state index contributed by atoms with van der Waals surface area (Å²) in [6.07, 6.45) is 3.70. The highest BCUT2D eigenvalue weighted by molar-refractivity contribution is 5.33. The van der Waals surface area contributed by atoms with E-state index in [2.05, 4.69) is 34.3 Å². The second kappa shape index (κ2) is 6.17. The van der Waals surface area contributed by atoms with Crippen LogP contribution in [0.15, 0.2) is 42.7 Å². The van der Waals surface area contributed by atoms with E-state index in [1.165, 1.54) is 5.56 Å². The van der Waals surface area contributed by atoms with E-state index in [0.717, 1.165) is 25.4 Å². The lowest BCUT2D eigenvalue weighted by Gasteiger charge is -2.34. The van der Waals surface area contributed by atoms with Crippen LogP contribution in [-0.2, 0) is 11.3 Å². The summed E-state index contributed by atoms with van der Waals surface area (Å²) < 4.78 is 7.24. The van der Waals surface area contributed by atoms with Gasteiger partial charge in [-0.1, -0.05) is 12.1 Å². The number of morpholine rings is 1. The predicted octanol–water partition coefficient (Wildman–Crippen LogP) is 1.07. The van der Waals surface area contributed by atoms with Crippen LogP contribution in [0.1, 0.15) is 5.56 Å². The van der Waals surface area contributed by atoms with Crippen molar-refractivity contribution in [2.24, 2.45) is 0 Å². The van der Waals surface area contributed by atoms with Gasteiger partial charge in [0.1, 0.15) is 0 Å². The Balaban J connectivity index is 1.68. The van der Waals surface area contributed by atoms with Crippen molar-refractivity contribution in [3.05, 3.63) is 48.3 Å².